The first-order valence-corrected chi connectivity index (χ1v) is 9.00. The van der Waals surface area contributed by atoms with Crippen molar-refractivity contribution >= 4 is 23.0 Å². The Bertz CT molecular complexity index is 764. The van der Waals surface area contributed by atoms with E-state index in [0.717, 1.165) is 53.0 Å². The molecule has 0 bridgehead atoms. The second-order valence-electron chi connectivity index (χ2n) is 6.12. The second-order valence-corrected chi connectivity index (χ2v) is 6.50. The van der Waals surface area contributed by atoms with Gasteiger partial charge in [-0.2, -0.15) is 0 Å². The molecular weight excluding hydrogens is 348 g/mol. The molecule has 26 heavy (non-hydrogen) atoms. The first-order chi connectivity index (χ1) is 12.7. The van der Waals surface area contributed by atoms with Crippen molar-refractivity contribution in [3.63, 3.8) is 0 Å². The van der Waals surface area contributed by atoms with E-state index in [2.05, 4.69) is 16.3 Å². The lowest BCUT2D eigenvalue weighted by Gasteiger charge is -2.29. The quantitative estimate of drug-likeness (QED) is 0.792. The number of anilines is 1. The fraction of sp³-hybridized carbons (Fsp3) is 0.350. The molecule has 0 aliphatic carbocycles. The number of benzene rings is 2. The van der Waals surface area contributed by atoms with Gasteiger partial charge in [-0.25, -0.2) is 0 Å². The molecule has 1 aliphatic heterocycles. The Balaban J connectivity index is 1.78. The molecule has 1 fully saturated rings. The Hall–Kier alpha value is -2.47. The predicted molar refractivity (Wildman–Crippen MR) is 107 cm³/mol. The highest BCUT2D eigenvalue weighted by Gasteiger charge is 2.30. The standard InChI is InChI=1S/C20H24N2O3S/c1-23-15-8-6-14(7-9-15)21-20(26)22-12-4-5-18(22)17-11-10-16(24-2)13-19(17)25-3/h6-11,13,18H,4-5,12H2,1-3H3,(H,21,26)/t18-/m1/s1. The Morgan fingerprint density at radius 3 is 2.35 bits per heavy atom. The number of likely N-dealkylation sites (tertiary alicyclic amines) is 1. The summed E-state index contributed by atoms with van der Waals surface area (Å²) >= 11 is 5.68. The first kappa shape index (κ1) is 18.3. The van der Waals surface area contributed by atoms with Gasteiger partial charge in [0.15, 0.2) is 5.11 Å². The molecule has 0 amide bonds. The van der Waals surface area contributed by atoms with Crippen LogP contribution in [0.3, 0.4) is 0 Å². The lowest BCUT2D eigenvalue weighted by atomic mass is 10.0. The van der Waals surface area contributed by atoms with Gasteiger partial charge in [-0.15, -0.1) is 0 Å². The zero-order valence-electron chi connectivity index (χ0n) is 15.3. The van der Waals surface area contributed by atoms with Gasteiger partial charge in [0.1, 0.15) is 17.2 Å². The van der Waals surface area contributed by atoms with E-state index in [1.54, 1.807) is 21.3 Å². The van der Waals surface area contributed by atoms with Gasteiger partial charge in [0.2, 0.25) is 0 Å². The van der Waals surface area contributed by atoms with Crippen molar-refractivity contribution in [2.75, 3.05) is 33.2 Å². The summed E-state index contributed by atoms with van der Waals surface area (Å²) in [5.74, 6) is 2.44. The van der Waals surface area contributed by atoms with Crippen LogP contribution in [0.1, 0.15) is 24.4 Å². The van der Waals surface area contributed by atoms with E-state index in [4.69, 9.17) is 26.4 Å². The number of ether oxygens (including phenoxy) is 3. The molecule has 1 heterocycles. The smallest absolute Gasteiger partial charge is 0.173 e. The fourth-order valence-electron chi connectivity index (χ4n) is 3.30. The van der Waals surface area contributed by atoms with Gasteiger partial charge in [-0.05, 0) is 61.5 Å². The average molecular weight is 372 g/mol. The number of hydrogen-bond donors (Lipinski definition) is 1. The van der Waals surface area contributed by atoms with Crippen molar-refractivity contribution in [3.8, 4) is 17.2 Å². The van der Waals surface area contributed by atoms with Crippen molar-refractivity contribution in [3.05, 3.63) is 48.0 Å². The maximum Gasteiger partial charge on any atom is 0.173 e. The molecule has 1 saturated heterocycles. The molecule has 0 spiro atoms. The minimum Gasteiger partial charge on any atom is -0.497 e. The van der Waals surface area contributed by atoms with Crippen LogP contribution >= 0.6 is 12.2 Å². The molecule has 0 unspecified atom stereocenters. The number of rotatable bonds is 5. The summed E-state index contributed by atoms with van der Waals surface area (Å²) in [6, 6.07) is 13.9. The van der Waals surface area contributed by atoms with Crippen LogP contribution in [0.2, 0.25) is 0 Å². The molecule has 1 aliphatic rings. The molecule has 6 heteroatoms. The van der Waals surface area contributed by atoms with Gasteiger partial charge >= 0.3 is 0 Å². The minimum absolute atomic E-state index is 0.189. The number of thiocarbonyl (C=S) groups is 1. The predicted octanol–water partition coefficient (Wildman–Crippen LogP) is 4.25. The van der Waals surface area contributed by atoms with Crippen LogP contribution in [0, 0.1) is 0 Å². The Kier molecular flexibility index (Phi) is 5.83. The molecular formula is C20H24N2O3S. The zero-order chi connectivity index (χ0) is 18.5. The maximum atomic E-state index is 5.68. The van der Waals surface area contributed by atoms with Crippen LogP contribution in [-0.4, -0.2) is 37.9 Å². The molecule has 2 aromatic rings. The number of hydrogen-bond acceptors (Lipinski definition) is 4. The topological polar surface area (TPSA) is 43.0 Å². The van der Waals surface area contributed by atoms with E-state index in [1.165, 1.54) is 0 Å². The SMILES string of the molecule is COc1ccc(NC(=S)N2CCC[C@@H]2c2ccc(OC)cc2OC)cc1. The van der Waals surface area contributed by atoms with Gasteiger partial charge < -0.3 is 24.4 Å². The lowest BCUT2D eigenvalue weighted by Crippen LogP contribution is -2.34. The Labute approximate surface area is 159 Å². The van der Waals surface area contributed by atoms with Crippen molar-refractivity contribution < 1.29 is 14.2 Å². The zero-order valence-corrected chi connectivity index (χ0v) is 16.1. The summed E-state index contributed by atoms with van der Waals surface area (Å²) in [4.78, 5) is 2.23. The van der Waals surface area contributed by atoms with E-state index in [1.807, 2.05) is 36.4 Å². The van der Waals surface area contributed by atoms with Gasteiger partial charge in [-0.3, -0.25) is 0 Å². The summed E-state index contributed by atoms with van der Waals surface area (Å²) in [7, 11) is 5.00. The van der Waals surface area contributed by atoms with Gasteiger partial charge in [0.05, 0.1) is 27.4 Å². The highest BCUT2D eigenvalue weighted by molar-refractivity contribution is 7.80. The van der Waals surface area contributed by atoms with Crippen molar-refractivity contribution in [2.24, 2.45) is 0 Å². The normalized spacial score (nSPS) is 16.3. The lowest BCUT2D eigenvalue weighted by molar-refractivity contribution is 0.362. The van der Waals surface area contributed by atoms with Crippen molar-refractivity contribution in [1.29, 1.82) is 0 Å². The third-order valence-electron chi connectivity index (χ3n) is 4.65. The molecule has 5 nitrogen and oxygen atoms in total. The Morgan fingerprint density at radius 1 is 1.00 bits per heavy atom. The monoisotopic (exact) mass is 372 g/mol. The molecule has 0 aromatic heterocycles. The molecule has 1 N–H and O–H groups in total. The minimum atomic E-state index is 0.189. The van der Waals surface area contributed by atoms with Crippen LogP contribution in [0.15, 0.2) is 42.5 Å². The largest absolute Gasteiger partial charge is 0.497 e. The van der Waals surface area contributed by atoms with Gasteiger partial charge in [0, 0.05) is 23.9 Å². The molecule has 0 saturated carbocycles. The molecule has 1 atom stereocenters. The summed E-state index contributed by atoms with van der Waals surface area (Å²) in [6.07, 6.45) is 2.12. The van der Waals surface area contributed by atoms with E-state index in [9.17, 15) is 0 Å². The van der Waals surface area contributed by atoms with Gasteiger partial charge in [0.25, 0.3) is 0 Å². The number of nitrogens with one attached hydrogen (secondary N) is 1. The van der Waals surface area contributed by atoms with Crippen molar-refractivity contribution in [1.82, 2.24) is 4.90 Å². The molecule has 0 radical (unpaired) electrons. The van der Waals surface area contributed by atoms with Crippen LogP contribution in [0.25, 0.3) is 0 Å². The van der Waals surface area contributed by atoms with E-state index >= 15 is 0 Å². The molecule has 2 aromatic carbocycles. The van der Waals surface area contributed by atoms with Crippen LogP contribution in [0.5, 0.6) is 17.2 Å². The summed E-state index contributed by atoms with van der Waals surface area (Å²) in [5, 5.41) is 4.05. The van der Waals surface area contributed by atoms with Crippen LogP contribution in [-0.2, 0) is 0 Å². The second kappa shape index (κ2) is 8.27. The molecule has 138 valence electrons. The van der Waals surface area contributed by atoms with Crippen LogP contribution in [0.4, 0.5) is 5.69 Å². The van der Waals surface area contributed by atoms with E-state index in [0.29, 0.717) is 0 Å². The fourth-order valence-corrected chi connectivity index (χ4v) is 3.63. The summed E-state index contributed by atoms with van der Waals surface area (Å²) in [5.41, 5.74) is 2.08. The number of nitrogens with zero attached hydrogens (tertiary/aromatic N) is 1. The maximum absolute atomic E-state index is 5.68. The average Bonchev–Trinajstić information content (AvgIpc) is 3.17. The highest BCUT2D eigenvalue weighted by atomic mass is 32.1. The van der Waals surface area contributed by atoms with E-state index < -0.39 is 0 Å². The summed E-state index contributed by atoms with van der Waals surface area (Å²) in [6.45, 7) is 0.918. The third-order valence-corrected chi connectivity index (χ3v) is 4.99. The van der Waals surface area contributed by atoms with Crippen molar-refractivity contribution in [2.45, 2.75) is 18.9 Å². The first-order valence-electron chi connectivity index (χ1n) is 8.60. The highest BCUT2D eigenvalue weighted by Crippen LogP contribution is 2.39. The third kappa shape index (κ3) is 3.85. The Morgan fingerprint density at radius 2 is 1.69 bits per heavy atom. The number of methoxy groups -OCH3 is 3. The van der Waals surface area contributed by atoms with E-state index in [-0.39, 0.29) is 6.04 Å². The van der Waals surface area contributed by atoms with Crippen LogP contribution < -0.4 is 19.5 Å². The van der Waals surface area contributed by atoms with Gasteiger partial charge in [-0.1, -0.05) is 0 Å². The molecule has 3 rings (SSSR count). The summed E-state index contributed by atoms with van der Waals surface area (Å²) < 4.78 is 16.1.